The molecule has 1 rings (SSSR count). The van der Waals surface area contributed by atoms with Gasteiger partial charge in [0.2, 0.25) is 0 Å². The molecule has 0 spiro atoms. The third-order valence-corrected chi connectivity index (χ3v) is 3.53. The maximum absolute atomic E-state index is 10.7. The predicted molar refractivity (Wildman–Crippen MR) is 73.2 cm³/mol. The zero-order chi connectivity index (χ0) is 12.3. The third kappa shape index (κ3) is 5.87. The van der Waals surface area contributed by atoms with Gasteiger partial charge in [0.25, 0.3) is 0 Å². The lowest BCUT2D eigenvalue weighted by Gasteiger charge is -2.04. The molecule has 2 nitrogen and oxygen atoms in total. The summed E-state index contributed by atoms with van der Waals surface area (Å²) in [5, 5.41) is 3.72. The minimum Gasteiger partial charge on any atom is -0.492 e. The van der Waals surface area contributed by atoms with Gasteiger partial charge in [-0.05, 0) is 6.42 Å². The fraction of sp³-hybridized carbons (Fsp3) is 0.643. The predicted octanol–water partition coefficient (Wildman–Crippen LogP) is 4.69. The molecule has 0 bridgehead atoms. The summed E-state index contributed by atoms with van der Waals surface area (Å²) in [4.78, 5) is 10.7. The van der Waals surface area contributed by atoms with Crippen LogP contribution in [-0.4, -0.2) is 12.9 Å². The summed E-state index contributed by atoms with van der Waals surface area (Å²) in [6.45, 7) is 2.96. The zero-order valence-corrected chi connectivity index (χ0v) is 11.4. The Morgan fingerprint density at radius 3 is 2.53 bits per heavy atom. The molecule has 0 aliphatic heterocycles. The molecular weight excluding hydrogens is 232 g/mol. The minimum atomic E-state index is 0.679. The summed E-state index contributed by atoms with van der Waals surface area (Å²) in [5.41, 5.74) is 0.679. The summed E-state index contributed by atoms with van der Waals surface area (Å²) in [6, 6.07) is 0. The van der Waals surface area contributed by atoms with Gasteiger partial charge >= 0.3 is 0 Å². The highest BCUT2D eigenvalue weighted by atomic mass is 32.1. The number of aldehydes is 1. The molecule has 1 aromatic heterocycles. The molecule has 1 aromatic rings. The van der Waals surface area contributed by atoms with Crippen molar-refractivity contribution in [3.05, 3.63) is 16.3 Å². The zero-order valence-electron chi connectivity index (χ0n) is 10.6. The standard InChI is InChI=1S/C14H22O2S/c1-2-3-4-5-6-7-8-9-16-14-12-17-11-13(14)10-15/h10-12H,2-9H2,1H3. The van der Waals surface area contributed by atoms with E-state index in [1.165, 1.54) is 49.9 Å². The topological polar surface area (TPSA) is 26.3 Å². The van der Waals surface area contributed by atoms with Crippen LogP contribution in [0.4, 0.5) is 0 Å². The number of carbonyl (C=O) groups excluding carboxylic acids is 1. The van der Waals surface area contributed by atoms with Crippen LogP contribution >= 0.6 is 11.3 Å². The average molecular weight is 254 g/mol. The number of unbranched alkanes of at least 4 members (excludes halogenated alkanes) is 6. The second-order valence-corrected chi connectivity index (χ2v) is 5.02. The molecule has 1 heterocycles. The van der Waals surface area contributed by atoms with E-state index >= 15 is 0 Å². The minimum absolute atomic E-state index is 0.679. The normalized spacial score (nSPS) is 10.4. The number of thiophene rings is 1. The van der Waals surface area contributed by atoms with E-state index < -0.39 is 0 Å². The second kappa shape index (κ2) is 9.23. The molecule has 0 unspecified atom stereocenters. The van der Waals surface area contributed by atoms with Gasteiger partial charge in [0.05, 0.1) is 12.2 Å². The molecule has 0 saturated carbocycles. The molecule has 0 aromatic carbocycles. The van der Waals surface area contributed by atoms with Crippen LogP contribution in [0.2, 0.25) is 0 Å². The van der Waals surface area contributed by atoms with Gasteiger partial charge in [0, 0.05) is 10.8 Å². The molecule has 17 heavy (non-hydrogen) atoms. The van der Waals surface area contributed by atoms with Gasteiger partial charge in [-0.3, -0.25) is 4.79 Å². The summed E-state index contributed by atoms with van der Waals surface area (Å²) < 4.78 is 5.57. The van der Waals surface area contributed by atoms with Gasteiger partial charge in [-0.15, -0.1) is 11.3 Å². The molecule has 3 heteroatoms. The van der Waals surface area contributed by atoms with Crippen molar-refractivity contribution < 1.29 is 9.53 Å². The van der Waals surface area contributed by atoms with E-state index in [4.69, 9.17) is 4.74 Å². The maximum Gasteiger partial charge on any atom is 0.154 e. The maximum atomic E-state index is 10.7. The smallest absolute Gasteiger partial charge is 0.154 e. The third-order valence-electron chi connectivity index (χ3n) is 2.79. The van der Waals surface area contributed by atoms with Crippen molar-refractivity contribution in [3.8, 4) is 5.75 Å². The van der Waals surface area contributed by atoms with Crippen molar-refractivity contribution >= 4 is 17.6 Å². The Kier molecular flexibility index (Phi) is 7.72. The number of hydrogen-bond donors (Lipinski definition) is 0. The Balaban J connectivity index is 1.99. The SMILES string of the molecule is CCCCCCCCCOc1cscc1C=O. The van der Waals surface area contributed by atoms with Crippen LogP contribution in [0.25, 0.3) is 0 Å². The number of ether oxygens (including phenoxy) is 1. The van der Waals surface area contributed by atoms with E-state index in [-0.39, 0.29) is 0 Å². The molecule has 0 fully saturated rings. The van der Waals surface area contributed by atoms with Gasteiger partial charge < -0.3 is 4.74 Å². The molecule has 0 aliphatic carbocycles. The van der Waals surface area contributed by atoms with Crippen molar-refractivity contribution in [2.75, 3.05) is 6.61 Å². The lowest BCUT2D eigenvalue weighted by molar-refractivity contribution is 0.112. The van der Waals surface area contributed by atoms with Crippen molar-refractivity contribution in [1.82, 2.24) is 0 Å². The van der Waals surface area contributed by atoms with Gasteiger partial charge in [-0.2, -0.15) is 0 Å². The van der Waals surface area contributed by atoms with E-state index in [9.17, 15) is 4.79 Å². The molecular formula is C14H22O2S. The van der Waals surface area contributed by atoms with Crippen molar-refractivity contribution in [2.24, 2.45) is 0 Å². The highest BCUT2D eigenvalue weighted by molar-refractivity contribution is 7.08. The lowest BCUT2D eigenvalue weighted by Crippen LogP contribution is -1.98. The van der Waals surface area contributed by atoms with Crippen LogP contribution in [0.15, 0.2) is 10.8 Å². The van der Waals surface area contributed by atoms with Crippen molar-refractivity contribution in [1.29, 1.82) is 0 Å². The Hall–Kier alpha value is -0.830. The monoisotopic (exact) mass is 254 g/mol. The summed E-state index contributed by atoms with van der Waals surface area (Å²) >= 11 is 1.51. The Labute approximate surface area is 108 Å². The first-order chi connectivity index (χ1) is 8.38. The van der Waals surface area contributed by atoms with Crippen LogP contribution in [0, 0.1) is 0 Å². The molecule has 0 atom stereocenters. The first kappa shape index (κ1) is 14.2. The van der Waals surface area contributed by atoms with Crippen molar-refractivity contribution in [2.45, 2.75) is 51.9 Å². The van der Waals surface area contributed by atoms with Gasteiger partial charge in [0.1, 0.15) is 5.75 Å². The number of carbonyl (C=O) groups is 1. The summed E-state index contributed by atoms with van der Waals surface area (Å²) in [5.74, 6) is 0.746. The first-order valence-electron chi connectivity index (χ1n) is 6.52. The van der Waals surface area contributed by atoms with Crippen LogP contribution < -0.4 is 4.74 Å². The molecule has 96 valence electrons. The van der Waals surface area contributed by atoms with Gasteiger partial charge in [-0.25, -0.2) is 0 Å². The van der Waals surface area contributed by atoms with E-state index in [1.54, 1.807) is 0 Å². The quantitative estimate of drug-likeness (QED) is 0.447. The van der Waals surface area contributed by atoms with Gasteiger partial charge in [-0.1, -0.05) is 45.4 Å². The van der Waals surface area contributed by atoms with Crippen LogP contribution in [0.3, 0.4) is 0 Å². The molecule has 0 saturated heterocycles. The lowest BCUT2D eigenvalue weighted by atomic mass is 10.1. The first-order valence-corrected chi connectivity index (χ1v) is 7.47. The summed E-state index contributed by atoms with van der Waals surface area (Å²) in [7, 11) is 0. The van der Waals surface area contributed by atoms with E-state index in [2.05, 4.69) is 6.92 Å². The Bertz CT molecular complexity index is 307. The van der Waals surface area contributed by atoms with Crippen LogP contribution in [0.5, 0.6) is 5.75 Å². The fourth-order valence-electron chi connectivity index (χ4n) is 1.74. The van der Waals surface area contributed by atoms with Gasteiger partial charge in [0.15, 0.2) is 6.29 Å². The average Bonchev–Trinajstić information content (AvgIpc) is 2.80. The second-order valence-electron chi connectivity index (χ2n) is 4.28. The Morgan fingerprint density at radius 2 is 1.82 bits per heavy atom. The fourth-order valence-corrected chi connectivity index (χ4v) is 2.45. The molecule has 0 N–H and O–H groups in total. The highest BCUT2D eigenvalue weighted by Gasteiger charge is 2.02. The van der Waals surface area contributed by atoms with Crippen LogP contribution in [-0.2, 0) is 0 Å². The van der Waals surface area contributed by atoms with E-state index in [0.29, 0.717) is 5.56 Å². The van der Waals surface area contributed by atoms with E-state index in [1.807, 2.05) is 10.8 Å². The number of rotatable bonds is 10. The number of hydrogen-bond acceptors (Lipinski definition) is 3. The highest BCUT2D eigenvalue weighted by Crippen LogP contribution is 2.21. The van der Waals surface area contributed by atoms with Crippen LogP contribution in [0.1, 0.15) is 62.2 Å². The molecule has 0 radical (unpaired) electrons. The van der Waals surface area contributed by atoms with Crippen molar-refractivity contribution in [3.63, 3.8) is 0 Å². The molecule has 0 aliphatic rings. The molecule has 0 amide bonds. The van der Waals surface area contributed by atoms with E-state index in [0.717, 1.165) is 25.1 Å². The largest absolute Gasteiger partial charge is 0.492 e. The summed E-state index contributed by atoms with van der Waals surface area (Å²) in [6.07, 6.45) is 9.82. The Morgan fingerprint density at radius 1 is 1.12 bits per heavy atom.